The number of hydrogen-bond donors (Lipinski definition) is 1. The fourth-order valence-corrected chi connectivity index (χ4v) is 3.22. The highest BCUT2D eigenvalue weighted by molar-refractivity contribution is 7.12. The van der Waals surface area contributed by atoms with E-state index in [4.69, 9.17) is 4.74 Å². The van der Waals surface area contributed by atoms with Crippen molar-refractivity contribution in [1.29, 1.82) is 0 Å². The van der Waals surface area contributed by atoms with Crippen LogP contribution in [0.4, 0.5) is 5.69 Å². The Balaban J connectivity index is 1.35. The molecule has 2 aromatic carbocycles. The highest BCUT2D eigenvalue weighted by Crippen LogP contribution is 2.18. The summed E-state index contributed by atoms with van der Waals surface area (Å²) >= 11 is 1.37. The normalized spacial score (nSPS) is 10.5. The fourth-order valence-electron chi connectivity index (χ4n) is 2.61. The summed E-state index contributed by atoms with van der Waals surface area (Å²) in [6, 6.07) is 19.9. The van der Waals surface area contributed by atoms with Gasteiger partial charge in [0.1, 0.15) is 5.75 Å². The molecule has 1 amide bonds. The first kappa shape index (κ1) is 18.6. The molecule has 4 aromatic rings. The predicted molar refractivity (Wildman–Crippen MR) is 109 cm³/mol. The number of rotatable bonds is 6. The van der Waals surface area contributed by atoms with Gasteiger partial charge in [-0.3, -0.25) is 4.79 Å². The molecule has 0 aliphatic carbocycles. The summed E-state index contributed by atoms with van der Waals surface area (Å²) in [5.74, 6) is -0.429. The van der Waals surface area contributed by atoms with Crippen LogP contribution in [0.15, 0.2) is 78.3 Å². The second kappa shape index (κ2) is 8.49. The average molecular weight is 404 g/mol. The van der Waals surface area contributed by atoms with Crippen molar-refractivity contribution >= 4 is 28.9 Å². The maximum atomic E-state index is 12.3. The van der Waals surface area contributed by atoms with Gasteiger partial charge in [0.25, 0.3) is 5.91 Å². The predicted octanol–water partition coefficient (Wildman–Crippen LogP) is 3.86. The zero-order chi connectivity index (χ0) is 20.1. The van der Waals surface area contributed by atoms with Crippen LogP contribution in [0.5, 0.6) is 5.75 Å². The third-order valence-corrected chi connectivity index (χ3v) is 4.87. The lowest BCUT2D eigenvalue weighted by Crippen LogP contribution is -2.11. The Bertz CT molecular complexity index is 1110. The minimum atomic E-state index is -0.598. The monoisotopic (exact) mass is 404 g/mol. The second-order valence-electron chi connectivity index (χ2n) is 6.13. The van der Waals surface area contributed by atoms with E-state index in [1.807, 2.05) is 41.8 Å². The molecule has 1 N–H and O–H groups in total. The van der Waals surface area contributed by atoms with Crippen molar-refractivity contribution in [2.24, 2.45) is 0 Å². The molecule has 0 atom stereocenters. The number of amides is 1. The zero-order valence-corrected chi connectivity index (χ0v) is 16.0. The van der Waals surface area contributed by atoms with Gasteiger partial charge in [-0.05, 0) is 41.3 Å². The van der Waals surface area contributed by atoms with Crippen molar-refractivity contribution in [2.75, 3.05) is 5.32 Å². The maximum Gasteiger partial charge on any atom is 0.365 e. The number of thiophene rings is 1. The van der Waals surface area contributed by atoms with Gasteiger partial charge in [-0.1, -0.05) is 41.6 Å². The minimum absolute atomic E-state index is 0.121. The van der Waals surface area contributed by atoms with Crippen LogP contribution in [-0.2, 0) is 6.54 Å². The van der Waals surface area contributed by atoms with E-state index in [2.05, 4.69) is 15.6 Å². The molecule has 0 unspecified atom stereocenters. The van der Waals surface area contributed by atoms with Crippen molar-refractivity contribution < 1.29 is 14.3 Å². The van der Waals surface area contributed by atoms with Gasteiger partial charge in [-0.15, -0.1) is 16.4 Å². The van der Waals surface area contributed by atoms with Gasteiger partial charge in [-0.2, -0.15) is 0 Å². The Kier molecular flexibility index (Phi) is 5.44. The van der Waals surface area contributed by atoms with Gasteiger partial charge < -0.3 is 10.1 Å². The Morgan fingerprint density at radius 1 is 1.00 bits per heavy atom. The van der Waals surface area contributed by atoms with E-state index in [9.17, 15) is 9.59 Å². The van der Waals surface area contributed by atoms with Gasteiger partial charge in [0.15, 0.2) is 5.69 Å². The first-order chi connectivity index (χ1) is 14.2. The smallest absolute Gasteiger partial charge is 0.365 e. The van der Waals surface area contributed by atoms with Crippen LogP contribution in [0.2, 0.25) is 0 Å². The lowest BCUT2D eigenvalue weighted by atomic mass is 10.2. The number of anilines is 1. The molecule has 2 heterocycles. The number of ether oxygens (including phenoxy) is 1. The molecule has 4 rings (SSSR count). The number of nitrogens with zero attached hydrogens (tertiary/aromatic N) is 3. The highest BCUT2D eigenvalue weighted by atomic mass is 32.1. The van der Waals surface area contributed by atoms with Crippen molar-refractivity contribution in [3.63, 3.8) is 0 Å². The van der Waals surface area contributed by atoms with Crippen LogP contribution in [0, 0.1) is 0 Å². The van der Waals surface area contributed by atoms with Gasteiger partial charge in [0, 0.05) is 5.69 Å². The van der Waals surface area contributed by atoms with Crippen LogP contribution in [-0.4, -0.2) is 26.9 Å². The summed E-state index contributed by atoms with van der Waals surface area (Å²) < 4.78 is 6.91. The molecule has 0 saturated carbocycles. The first-order valence-corrected chi connectivity index (χ1v) is 9.66. The van der Waals surface area contributed by atoms with Crippen LogP contribution in [0.25, 0.3) is 0 Å². The minimum Gasteiger partial charge on any atom is -0.422 e. The Morgan fingerprint density at radius 3 is 2.52 bits per heavy atom. The summed E-state index contributed by atoms with van der Waals surface area (Å²) in [5.41, 5.74) is 1.78. The lowest BCUT2D eigenvalue weighted by molar-refractivity contribution is 0.0728. The summed E-state index contributed by atoms with van der Waals surface area (Å²) in [7, 11) is 0. The molecular weight excluding hydrogens is 388 g/mol. The molecule has 8 heteroatoms. The summed E-state index contributed by atoms with van der Waals surface area (Å²) in [5, 5.41) is 12.5. The number of carbonyl (C=O) groups is 2. The van der Waals surface area contributed by atoms with E-state index in [0.29, 0.717) is 22.9 Å². The number of carbonyl (C=O) groups excluding carboxylic acids is 2. The van der Waals surface area contributed by atoms with E-state index in [1.54, 1.807) is 41.2 Å². The van der Waals surface area contributed by atoms with Crippen LogP contribution in [0.1, 0.15) is 25.7 Å². The van der Waals surface area contributed by atoms with Crippen LogP contribution in [0.3, 0.4) is 0 Å². The molecule has 0 bridgehead atoms. The standard InChI is InChI=1S/C21H16N4O3S/c26-20(19-7-4-12-29-19)22-16-8-10-17(11-9-16)28-21(27)18-14-25(24-23-18)13-15-5-2-1-3-6-15/h1-12,14H,13H2,(H,22,26). The quantitative estimate of drug-likeness (QED) is 0.390. The van der Waals surface area contributed by atoms with Gasteiger partial charge in [0.2, 0.25) is 0 Å². The third-order valence-electron chi connectivity index (χ3n) is 4.00. The largest absolute Gasteiger partial charge is 0.422 e. The van der Waals surface area contributed by atoms with E-state index < -0.39 is 5.97 Å². The van der Waals surface area contributed by atoms with E-state index in [0.717, 1.165) is 5.56 Å². The average Bonchev–Trinajstić information content (AvgIpc) is 3.42. The van der Waals surface area contributed by atoms with Crippen molar-refractivity contribution in [3.05, 3.63) is 94.4 Å². The molecule has 144 valence electrons. The molecule has 0 aliphatic heterocycles. The van der Waals surface area contributed by atoms with Crippen LogP contribution >= 0.6 is 11.3 Å². The van der Waals surface area contributed by atoms with Gasteiger partial charge in [-0.25, -0.2) is 9.48 Å². The van der Waals surface area contributed by atoms with E-state index in [1.165, 1.54) is 11.3 Å². The summed E-state index contributed by atoms with van der Waals surface area (Å²) in [4.78, 5) is 25.0. The zero-order valence-electron chi connectivity index (χ0n) is 15.2. The molecular formula is C21H16N4O3S. The number of nitrogens with one attached hydrogen (secondary N) is 1. The highest BCUT2D eigenvalue weighted by Gasteiger charge is 2.14. The maximum absolute atomic E-state index is 12.3. The topological polar surface area (TPSA) is 86.1 Å². The van der Waals surface area contributed by atoms with E-state index >= 15 is 0 Å². The van der Waals surface area contributed by atoms with Gasteiger partial charge in [0.05, 0.1) is 17.6 Å². The molecule has 0 aliphatic rings. The first-order valence-electron chi connectivity index (χ1n) is 8.78. The fraction of sp³-hybridized carbons (Fsp3) is 0.0476. The number of aromatic nitrogens is 3. The molecule has 0 spiro atoms. The SMILES string of the molecule is O=C(Oc1ccc(NC(=O)c2cccs2)cc1)c1cn(Cc2ccccc2)nn1. The summed E-state index contributed by atoms with van der Waals surface area (Å²) in [6.45, 7) is 0.514. The Morgan fingerprint density at radius 2 is 1.79 bits per heavy atom. The van der Waals surface area contributed by atoms with Crippen molar-refractivity contribution in [1.82, 2.24) is 15.0 Å². The third kappa shape index (κ3) is 4.74. The number of esters is 1. The van der Waals surface area contributed by atoms with Gasteiger partial charge >= 0.3 is 5.97 Å². The van der Waals surface area contributed by atoms with Crippen LogP contribution < -0.4 is 10.1 Å². The molecule has 0 fully saturated rings. The molecule has 0 radical (unpaired) electrons. The summed E-state index contributed by atoms with van der Waals surface area (Å²) in [6.07, 6.45) is 1.55. The second-order valence-corrected chi connectivity index (χ2v) is 7.08. The molecule has 0 saturated heterocycles. The van der Waals surface area contributed by atoms with E-state index in [-0.39, 0.29) is 11.6 Å². The van der Waals surface area contributed by atoms with Crippen molar-refractivity contribution in [3.8, 4) is 5.75 Å². The Hall–Kier alpha value is -3.78. The number of benzene rings is 2. The molecule has 7 nitrogen and oxygen atoms in total. The molecule has 29 heavy (non-hydrogen) atoms. The molecule has 2 aromatic heterocycles. The lowest BCUT2D eigenvalue weighted by Gasteiger charge is -2.05. The number of hydrogen-bond acceptors (Lipinski definition) is 6. The van der Waals surface area contributed by atoms with Crippen molar-refractivity contribution in [2.45, 2.75) is 6.54 Å². The Labute approximate surface area is 170 Å².